The highest BCUT2D eigenvalue weighted by Crippen LogP contribution is 2.14. The molecule has 0 spiro atoms. The molecule has 0 aliphatic heterocycles. The Labute approximate surface area is 78.6 Å². The normalized spacial score (nSPS) is 12.0. The van der Waals surface area contributed by atoms with Gasteiger partial charge in [0.1, 0.15) is 6.33 Å². The molecule has 0 fully saturated rings. The van der Waals surface area contributed by atoms with Crippen LogP contribution in [0, 0.1) is 12.3 Å². The van der Waals surface area contributed by atoms with E-state index in [1.165, 1.54) is 6.33 Å². The lowest BCUT2D eigenvalue weighted by Crippen LogP contribution is -2.16. The van der Waals surface area contributed by atoms with E-state index in [4.69, 9.17) is 6.42 Å². The molecule has 0 saturated heterocycles. The molecular formula is C10H13N3. The molecule has 1 aromatic heterocycles. The van der Waals surface area contributed by atoms with Crippen molar-refractivity contribution < 1.29 is 0 Å². The van der Waals surface area contributed by atoms with Gasteiger partial charge in [-0.3, -0.25) is 0 Å². The maximum Gasteiger partial charge on any atom is 0.115 e. The first-order valence-electron chi connectivity index (χ1n) is 4.24. The van der Waals surface area contributed by atoms with Gasteiger partial charge in [0.25, 0.3) is 0 Å². The summed E-state index contributed by atoms with van der Waals surface area (Å²) < 4.78 is 0. The zero-order chi connectivity index (χ0) is 9.52. The number of hydrogen-bond acceptors (Lipinski definition) is 3. The molecule has 3 nitrogen and oxygen atoms in total. The lowest BCUT2D eigenvalue weighted by Gasteiger charge is -2.13. The molecule has 0 amide bonds. The molecule has 1 heterocycles. The second-order valence-electron chi connectivity index (χ2n) is 2.76. The summed E-state index contributed by atoms with van der Waals surface area (Å²) in [6, 6.07) is 0.261. The Balaban J connectivity index is 2.63. The maximum atomic E-state index is 5.20. The highest BCUT2D eigenvalue weighted by molar-refractivity contribution is 5.09. The standard InChI is InChI=1S/C10H13N3/c1-3-4-5-10(11-2)9-6-12-8-13-7-9/h1,6-8,10-11H,4-5H2,2H3. The van der Waals surface area contributed by atoms with Crippen molar-refractivity contribution in [1.29, 1.82) is 0 Å². The highest BCUT2D eigenvalue weighted by atomic mass is 14.9. The summed E-state index contributed by atoms with van der Waals surface area (Å²) in [5.74, 6) is 2.62. The van der Waals surface area contributed by atoms with E-state index in [-0.39, 0.29) is 6.04 Å². The first kappa shape index (κ1) is 9.69. The predicted octanol–water partition coefficient (Wildman–Crippen LogP) is 1.15. The van der Waals surface area contributed by atoms with Gasteiger partial charge in [0, 0.05) is 30.4 Å². The molecule has 0 aliphatic rings. The Bertz CT molecular complexity index is 276. The second-order valence-corrected chi connectivity index (χ2v) is 2.76. The van der Waals surface area contributed by atoms with Crippen LogP contribution in [0.5, 0.6) is 0 Å². The lowest BCUT2D eigenvalue weighted by molar-refractivity contribution is 0.554. The Morgan fingerprint density at radius 2 is 2.23 bits per heavy atom. The van der Waals surface area contributed by atoms with Crippen LogP contribution in [0.4, 0.5) is 0 Å². The second kappa shape index (κ2) is 5.28. The van der Waals surface area contributed by atoms with E-state index in [0.717, 1.165) is 18.4 Å². The van der Waals surface area contributed by atoms with Crippen LogP contribution in [0.3, 0.4) is 0 Å². The molecule has 1 unspecified atom stereocenters. The Morgan fingerprint density at radius 3 is 2.77 bits per heavy atom. The van der Waals surface area contributed by atoms with Crippen molar-refractivity contribution in [3.63, 3.8) is 0 Å². The van der Waals surface area contributed by atoms with Gasteiger partial charge >= 0.3 is 0 Å². The number of terminal acetylenes is 1. The molecular weight excluding hydrogens is 162 g/mol. The van der Waals surface area contributed by atoms with Crippen LogP contribution in [0.2, 0.25) is 0 Å². The van der Waals surface area contributed by atoms with Crippen molar-refractivity contribution in [3.8, 4) is 12.3 Å². The minimum absolute atomic E-state index is 0.261. The predicted molar refractivity (Wildman–Crippen MR) is 51.9 cm³/mol. The Hall–Kier alpha value is -1.40. The smallest absolute Gasteiger partial charge is 0.115 e. The van der Waals surface area contributed by atoms with Crippen LogP contribution in [0.1, 0.15) is 24.4 Å². The summed E-state index contributed by atoms with van der Waals surface area (Å²) >= 11 is 0. The summed E-state index contributed by atoms with van der Waals surface area (Å²) in [5, 5.41) is 3.18. The first-order valence-corrected chi connectivity index (χ1v) is 4.24. The highest BCUT2D eigenvalue weighted by Gasteiger charge is 2.07. The van der Waals surface area contributed by atoms with Gasteiger partial charge in [-0.05, 0) is 13.5 Å². The number of rotatable bonds is 4. The quantitative estimate of drug-likeness (QED) is 0.697. The minimum atomic E-state index is 0.261. The van der Waals surface area contributed by atoms with Crippen molar-refractivity contribution in [1.82, 2.24) is 15.3 Å². The molecule has 1 N–H and O–H groups in total. The average molecular weight is 175 g/mol. The molecule has 3 heteroatoms. The van der Waals surface area contributed by atoms with Gasteiger partial charge in [0.2, 0.25) is 0 Å². The van der Waals surface area contributed by atoms with Gasteiger partial charge in [0.05, 0.1) is 0 Å². The maximum absolute atomic E-state index is 5.20. The summed E-state index contributed by atoms with van der Waals surface area (Å²) in [6.07, 6.45) is 12.0. The van der Waals surface area contributed by atoms with E-state index in [1.807, 2.05) is 19.4 Å². The van der Waals surface area contributed by atoms with Crippen LogP contribution in [-0.4, -0.2) is 17.0 Å². The van der Waals surface area contributed by atoms with Crippen LogP contribution in [0.25, 0.3) is 0 Å². The summed E-state index contributed by atoms with van der Waals surface area (Å²) in [7, 11) is 1.91. The molecule has 1 atom stereocenters. The van der Waals surface area contributed by atoms with Gasteiger partial charge < -0.3 is 5.32 Å². The zero-order valence-electron chi connectivity index (χ0n) is 7.70. The topological polar surface area (TPSA) is 37.8 Å². The van der Waals surface area contributed by atoms with Crippen molar-refractivity contribution in [2.24, 2.45) is 0 Å². The molecule has 0 aromatic carbocycles. The molecule has 0 aliphatic carbocycles. The SMILES string of the molecule is C#CCCC(NC)c1cncnc1. The summed E-state index contributed by atoms with van der Waals surface area (Å²) in [6.45, 7) is 0. The van der Waals surface area contributed by atoms with E-state index in [1.54, 1.807) is 0 Å². The largest absolute Gasteiger partial charge is 0.313 e. The third-order valence-electron chi connectivity index (χ3n) is 1.91. The number of nitrogens with zero attached hydrogens (tertiary/aromatic N) is 2. The van der Waals surface area contributed by atoms with Crippen molar-refractivity contribution in [2.75, 3.05) is 7.05 Å². The fraction of sp³-hybridized carbons (Fsp3) is 0.400. The van der Waals surface area contributed by atoms with Crippen LogP contribution in [-0.2, 0) is 0 Å². The van der Waals surface area contributed by atoms with E-state index in [2.05, 4.69) is 21.2 Å². The average Bonchev–Trinajstić information content (AvgIpc) is 2.21. The monoisotopic (exact) mass is 175 g/mol. The Morgan fingerprint density at radius 1 is 1.54 bits per heavy atom. The number of aromatic nitrogens is 2. The van der Waals surface area contributed by atoms with Crippen LogP contribution in [0.15, 0.2) is 18.7 Å². The van der Waals surface area contributed by atoms with Gasteiger partial charge in [-0.1, -0.05) is 0 Å². The van der Waals surface area contributed by atoms with Gasteiger partial charge in [-0.2, -0.15) is 0 Å². The molecule has 0 saturated carbocycles. The van der Waals surface area contributed by atoms with Crippen LogP contribution < -0.4 is 5.32 Å². The van der Waals surface area contributed by atoms with Gasteiger partial charge in [-0.15, -0.1) is 12.3 Å². The van der Waals surface area contributed by atoms with E-state index < -0.39 is 0 Å². The van der Waals surface area contributed by atoms with Crippen molar-refractivity contribution in [2.45, 2.75) is 18.9 Å². The fourth-order valence-corrected chi connectivity index (χ4v) is 1.20. The van der Waals surface area contributed by atoms with Gasteiger partial charge in [-0.25, -0.2) is 9.97 Å². The van der Waals surface area contributed by atoms with Crippen molar-refractivity contribution >= 4 is 0 Å². The minimum Gasteiger partial charge on any atom is -0.313 e. The fourth-order valence-electron chi connectivity index (χ4n) is 1.20. The zero-order valence-corrected chi connectivity index (χ0v) is 7.70. The van der Waals surface area contributed by atoms with Gasteiger partial charge in [0.15, 0.2) is 0 Å². The number of nitrogens with one attached hydrogen (secondary N) is 1. The van der Waals surface area contributed by atoms with Crippen molar-refractivity contribution in [3.05, 3.63) is 24.3 Å². The first-order chi connectivity index (χ1) is 6.38. The molecule has 0 radical (unpaired) electrons. The summed E-state index contributed by atoms with van der Waals surface area (Å²) in [5.41, 5.74) is 1.08. The lowest BCUT2D eigenvalue weighted by atomic mass is 10.1. The third-order valence-corrected chi connectivity index (χ3v) is 1.91. The molecule has 0 bridgehead atoms. The third kappa shape index (κ3) is 2.85. The van der Waals surface area contributed by atoms with E-state index in [0.29, 0.717) is 0 Å². The van der Waals surface area contributed by atoms with E-state index in [9.17, 15) is 0 Å². The Kier molecular flexibility index (Phi) is 3.94. The molecule has 68 valence electrons. The molecule has 13 heavy (non-hydrogen) atoms. The van der Waals surface area contributed by atoms with Crippen LogP contribution >= 0.6 is 0 Å². The summed E-state index contributed by atoms with van der Waals surface area (Å²) in [4.78, 5) is 7.92. The number of hydrogen-bond donors (Lipinski definition) is 1. The van der Waals surface area contributed by atoms with E-state index >= 15 is 0 Å². The molecule has 1 rings (SSSR count). The molecule has 1 aromatic rings.